The van der Waals surface area contributed by atoms with Gasteiger partial charge in [-0.2, -0.15) is 0 Å². The van der Waals surface area contributed by atoms with Crippen molar-refractivity contribution in [1.82, 2.24) is 14.5 Å². The maximum atomic E-state index is 9.30. The van der Waals surface area contributed by atoms with E-state index in [0.717, 1.165) is 22.2 Å². The van der Waals surface area contributed by atoms with E-state index in [9.17, 15) is 5.11 Å². The first-order chi connectivity index (χ1) is 14.2. The molecule has 0 unspecified atom stereocenters. The van der Waals surface area contributed by atoms with Gasteiger partial charge in [0.15, 0.2) is 23.4 Å². The SMILES string of the molecule is C=Cc1ccc(-c2nc(-n3cnc4cc(OC)c(OC)cc43)sc2OCO)cc1. The highest BCUT2D eigenvalue weighted by Gasteiger charge is 2.18. The standard InChI is InChI=1S/C21H19N3O4S/c1-4-13-5-7-14(8-6-13)19-20(28-12-25)29-21(23-19)24-11-22-15-9-17(26-2)18(27-3)10-16(15)24/h4-11,25H,1,12H2,2-3H3. The lowest BCUT2D eigenvalue weighted by Crippen LogP contribution is -1.94. The Bertz CT molecular complexity index is 1160. The lowest BCUT2D eigenvalue weighted by atomic mass is 10.1. The van der Waals surface area contributed by atoms with Gasteiger partial charge in [0.05, 0.1) is 25.3 Å². The number of aromatic nitrogens is 3. The number of hydrogen-bond acceptors (Lipinski definition) is 7. The van der Waals surface area contributed by atoms with Crippen LogP contribution in [-0.4, -0.2) is 40.7 Å². The van der Waals surface area contributed by atoms with Crippen molar-refractivity contribution in [3.63, 3.8) is 0 Å². The molecule has 4 aromatic rings. The van der Waals surface area contributed by atoms with Gasteiger partial charge in [-0.3, -0.25) is 4.57 Å². The highest BCUT2D eigenvalue weighted by Crippen LogP contribution is 2.39. The molecule has 0 aliphatic rings. The first-order valence-electron chi connectivity index (χ1n) is 8.75. The summed E-state index contributed by atoms with van der Waals surface area (Å²) in [5.74, 6) is 1.21. The Morgan fingerprint density at radius 3 is 2.52 bits per heavy atom. The molecule has 0 saturated carbocycles. The van der Waals surface area contributed by atoms with Crippen LogP contribution in [0, 0.1) is 0 Å². The van der Waals surface area contributed by atoms with Gasteiger partial charge in [-0.15, -0.1) is 0 Å². The van der Waals surface area contributed by atoms with Gasteiger partial charge in [0, 0.05) is 17.7 Å². The third kappa shape index (κ3) is 3.43. The van der Waals surface area contributed by atoms with Crippen LogP contribution in [0.25, 0.3) is 33.5 Å². The van der Waals surface area contributed by atoms with E-state index >= 15 is 0 Å². The molecule has 7 nitrogen and oxygen atoms in total. The zero-order chi connectivity index (χ0) is 20.4. The van der Waals surface area contributed by atoms with Gasteiger partial charge in [-0.1, -0.05) is 48.3 Å². The third-order valence-corrected chi connectivity index (χ3v) is 5.43. The van der Waals surface area contributed by atoms with E-state index in [1.165, 1.54) is 11.3 Å². The Balaban J connectivity index is 1.84. The molecule has 0 atom stereocenters. The molecule has 29 heavy (non-hydrogen) atoms. The van der Waals surface area contributed by atoms with Crippen molar-refractivity contribution >= 4 is 28.4 Å². The van der Waals surface area contributed by atoms with Crippen LogP contribution in [0.3, 0.4) is 0 Å². The number of aliphatic hydroxyl groups excluding tert-OH is 1. The Kier molecular flexibility index (Phi) is 5.20. The fourth-order valence-electron chi connectivity index (χ4n) is 3.00. The molecule has 8 heteroatoms. The number of fused-ring (bicyclic) bond motifs is 1. The van der Waals surface area contributed by atoms with Crippen LogP contribution in [0.2, 0.25) is 0 Å². The van der Waals surface area contributed by atoms with Crippen molar-refractivity contribution < 1.29 is 19.3 Å². The fraction of sp³-hybridized carbons (Fsp3) is 0.143. The summed E-state index contributed by atoms with van der Waals surface area (Å²) in [6.07, 6.45) is 3.47. The summed E-state index contributed by atoms with van der Waals surface area (Å²) in [5.41, 5.74) is 4.11. The number of imidazole rings is 1. The van der Waals surface area contributed by atoms with Crippen molar-refractivity contribution in [3.05, 3.63) is 54.9 Å². The Hall–Kier alpha value is -3.36. The minimum Gasteiger partial charge on any atom is -0.493 e. The third-order valence-electron chi connectivity index (χ3n) is 4.46. The second-order valence-corrected chi connectivity index (χ2v) is 6.98. The average molecular weight is 409 g/mol. The number of aliphatic hydroxyl groups is 1. The number of benzene rings is 2. The number of ether oxygens (including phenoxy) is 3. The summed E-state index contributed by atoms with van der Waals surface area (Å²) in [7, 11) is 3.18. The molecule has 0 amide bonds. The first kappa shape index (κ1) is 19.0. The molecule has 0 spiro atoms. The molecule has 0 bridgehead atoms. The molecule has 2 heterocycles. The predicted molar refractivity (Wildman–Crippen MR) is 113 cm³/mol. The van der Waals surface area contributed by atoms with Crippen molar-refractivity contribution in [2.24, 2.45) is 0 Å². The quantitative estimate of drug-likeness (QED) is 0.462. The van der Waals surface area contributed by atoms with Crippen molar-refractivity contribution in [2.75, 3.05) is 21.0 Å². The van der Waals surface area contributed by atoms with Crippen LogP contribution in [-0.2, 0) is 0 Å². The topological polar surface area (TPSA) is 78.6 Å². The molecule has 0 saturated heterocycles. The zero-order valence-electron chi connectivity index (χ0n) is 16.0. The molecule has 4 rings (SSSR count). The van der Waals surface area contributed by atoms with Crippen LogP contribution in [0.4, 0.5) is 0 Å². The summed E-state index contributed by atoms with van der Waals surface area (Å²) in [6.45, 7) is 3.34. The molecule has 148 valence electrons. The zero-order valence-corrected chi connectivity index (χ0v) is 16.8. The molecule has 1 N–H and O–H groups in total. The summed E-state index contributed by atoms with van der Waals surface area (Å²) >= 11 is 1.32. The summed E-state index contributed by atoms with van der Waals surface area (Å²) in [5, 5.41) is 10.5. The number of thiazole rings is 1. The van der Waals surface area contributed by atoms with Gasteiger partial charge in [0.1, 0.15) is 12.0 Å². The average Bonchev–Trinajstić information content (AvgIpc) is 3.36. The van der Waals surface area contributed by atoms with Crippen molar-refractivity contribution in [2.45, 2.75) is 0 Å². The monoisotopic (exact) mass is 409 g/mol. The van der Waals surface area contributed by atoms with Crippen LogP contribution in [0.15, 0.2) is 49.3 Å². The van der Waals surface area contributed by atoms with E-state index in [1.807, 2.05) is 41.0 Å². The Morgan fingerprint density at radius 1 is 1.14 bits per heavy atom. The molecule has 2 aromatic carbocycles. The van der Waals surface area contributed by atoms with Gasteiger partial charge in [0.25, 0.3) is 0 Å². The molecular weight excluding hydrogens is 390 g/mol. The van der Waals surface area contributed by atoms with Crippen LogP contribution >= 0.6 is 11.3 Å². The van der Waals surface area contributed by atoms with E-state index in [2.05, 4.69) is 11.6 Å². The second kappa shape index (κ2) is 7.94. The number of methoxy groups -OCH3 is 2. The summed E-state index contributed by atoms with van der Waals surface area (Å²) in [6, 6.07) is 11.5. The minimum atomic E-state index is -0.435. The van der Waals surface area contributed by atoms with Crippen molar-refractivity contribution in [1.29, 1.82) is 0 Å². The van der Waals surface area contributed by atoms with Crippen LogP contribution in [0.1, 0.15) is 5.56 Å². The molecule has 2 aromatic heterocycles. The predicted octanol–water partition coefficient (Wildman–Crippen LogP) is 4.14. The van der Waals surface area contributed by atoms with Crippen LogP contribution in [0.5, 0.6) is 16.6 Å². The molecule has 0 fully saturated rings. The maximum absolute atomic E-state index is 9.30. The lowest BCUT2D eigenvalue weighted by molar-refractivity contribution is 0.102. The van der Waals surface area contributed by atoms with E-state index in [4.69, 9.17) is 19.2 Å². The Labute approximate surface area is 171 Å². The normalized spacial score (nSPS) is 10.9. The van der Waals surface area contributed by atoms with E-state index < -0.39 is 6.79 Å². The largest absolute Gasteiger partial charge is 0.493 e. The van der Waals surface area contributed by atoms with Gasteiger partial charge in [0.2, 0.25) is 5.06 Å². The van der Waals surface area contributed by atoms with Gasteiger partial charge >= 0.3 is 0 Å². The minimum absolute atomic E-state index is 0.435. The van der Waals surface area contributed by atoms with Gasteiger partial charge in [-0.25, -0.2) is 9.97 Å². The molecule has 0 aliphatic heterocycles. The highest BCUT2D eigenvalue weighted by molar-refractivity contribution is 7.16. The van der Waals surface area contributed by atoms with Crippen molar-refractivity contribution in [3.8, 4) is 33.0 Å². The van der Waals surface area contributed by atoms with Gasteiger partial charge < -0.3 is 19.3 Å². The van der Waals surface area contributed by atoms with E-state index in [-0.39, 0.29) is 0 Å². The van der Waals surface area contributed by atoms with Crippen LogP contribution < -0.4 is 14.2 Å². The molecular formula is C21H19N3O4S. The smallest absolute Gasteiger partial charge is 0.206 e. The number of hydrogen-bond donors (Lipinski definition) is 1. The number of rotatable bonds is 7. The first-order valence-corrected chi connectivity index (χ1v) is 9.57. The highest BCUT2D eigenvalue weighted by atomic mass is 32.1. The summed E-state index contributed by atoms with van der Waals surface area (Å²) in [4.78, 5) is 9.20. The van der Waals surface area contributed by atoms with E-state index in [0.29, 0.717) is 27.4 Å². The second-order valence-electron chi connectivity index (χ2n) is 6.04. The lowest BCUT2D eigenvalue weighted by Gasteiger charge is -2.07. The van der Waals surface area contributed by atoms with Gasteiger partial charge in [-0.05, 0) is 5.56 Å². The van der Waals surface area contributed by atoms with E-state index in [1.54, 1.807) is 26.6 Å². The molecule has 0 aliphatic carbocycles. The maximum Gasteiger partial charge on any atom is 0.206 e. The Morgan fingerprint density at radius 2 is 1.86 bits per heavy atom. The fourth-order valence-corrected chi connectivity index (χ4v) is 3.92. The number of nitrogens with zero attached hydrogens (tertiary/aromatic N) is 3. The summed E-state index contributed by atoms with van der Waals surface area (Å²) < 4.78 is 18.1. The molecule has 0 radical (unpaired) electrons.